The molecule has 0 spiro atoms. The number of nitriles is 1. The van der Waals surface area contributed by atoms with E-state index in [4.69, 9.17) is 5.26 Å². The minimum absolute atomic E-state index is 0.0428. The van der Waals surface area contributed by atoms with Crippen LogP contribution in [0.2, 0.25) is 0 Å². The Morgan fingerprint density at radius 3 is 2.33 bits per heavy atom. The second kappa shape index (κ2) is 2.80. The molecule has 0 heterocycles. The molecule has 52 valence electrons. The summed E-state index contributed by atoms with van der Waals surface area (Å²) in [7, 11) is -3.49. The van der Waals surface area contributed by atoms with Crippen molar-refractivity contribution in [3.63, 3.8) is 0 Å². The quantitative estimate of drug-likeness (QED) is 0.577. The van der Waals surface area contributed by atoms with Crippen molar-refractivity contribution in [1.29, 1.82) is 5.26 Å². The van der Waals surface area contributed by atoms with Crippen molar-refractivity contribution in [3.8, 4) is 6.07 Å². The lowest BCUT2D eigenvalue weighted by Gasteiger charge is -2.00. The van der Waals surface area contributed by atoms with Crippen molar-refractivity contribution in [3.05, 3.63) is 0 Å². The molecule has 0 amide bonds. The van der Waals surface area contributed by atoms with E-state index in [0.717, 1.165) is 0 Å². The van der Waals surface area contributed by atoms with E-state index in [9.17, 15) is 8.42 Å². The lowest BCUT2D eigenvalue weighted by Crippen LogP contribution is -2.25. The van der Waals surface area contributed by atoms with Crippen LogP contribution in [0.1, 0.15) is 13.3 Å². The molecular formula is C4H8N2O2S. The molecule has 4 nitrogen and oxygen atoms in total. The van der Waals surface area contributed by atoms with Gasteiger partial charge >= 0.3 is 0 Å². The Bertz CT molecular complexity index is 213. The molecule has 0 fully saturated rings. The monoisotopic (exact) mass is 148 g/mol. The van der Waals surface area contributed by atoms with Gasteiger partial charge in [0.25, 0.3) is 0 Å². The molecule has 0 aliphatic rings. The van der Waals surface area contributed by atoms with Crippen molar-refractivity contribution < 1.29 is 8.42 Å². The molecule has 0 bridgehead atoms. The van der Waals surface area contributed by atoms with Gasteiger partial charge in [-0.15, -0.1) is 0 Å². The van der Waals surface area contributed by atoms with Gasteiger partial charge in [-0.2, -0.15) is 5.26 Å². The van der Waals surface area contributed by atoms with Crippen LogP contribution in [0.25, 0.3) is 0 Å². The average Bonchev–Trinajstić information content (AvgIpc) is 1.64. The van der Waals surface area contributed by atoms with E-state index in [2.05, 4.69) is 5.14 Å². The molecule has 9 heavy (non-hydrogen) atoms. The number of sulfonamides is 1. The first kappa shape index (κ1) is 8.40. The zero-order valence-electron chi connectivity index (χ0n) is 5.03. The SMILES string of the molecule is CC(CC#N)S(N)(=O)=O. The summed E-state index contributed by atoms with van der Waals surface area (Å²) in [6.07, 6.45) is -0.0428. The van der Waals surface area contributed by atoms with Crippen LogP contribution in [0.15, 0.2) is 0 Å². The van der Waals surface area contributed by atoms with Gasteiger partial charge in [0, 0.05) is 0 Å². The Morgan fingerprint density at radius 1 is 1.78 bits per heavy atom. The first-order chi connectivity index (χ1) is 3.98. The van der Waals surface area contributed by atoms with E-state index in [1.54, 1.807) is 6.07 Å². The van der Waals surface area contributed by atoms with E-state index in [0.29, 0.717) is 0 Å². The van der Waals surface area contributed by atoms with E-state index >= 15 is 0 Å². The maximum Gasteiger partial charge on any atom is 0.212 e. The summed E-state index contributed by atoms with van der Waals surface area (Å²) >= 11 is 0. The Labute approximate surface area is 54.3 Å². The van der Waals surface area contributed by atoms with Crippen molar-refractivity contribution >= 4 is 10.0 Å². The summed E-state index contributed by atoms with van der Waals surface area (Å²) in [4.78, 5) is 0. The molecule has 0 saturated carbocycles. The van der Waals surface area contributed by atoms with Gasteiger partial charge in [-0.3, -0.25) is 0 Å². The molecule has 2 N–H and O–H groups in total. The molecular weight excluding hydrogens is 140 g/mol. The summed E-state index contributed by atoms with van der Waals surface area (Å²) in [6, 6.07) is 1.71. The highest BCUT2D eigenvalue weighted by atomic mass is 32.2. The molecule has 0 aromatic heterocycles. The van der Waals surface area contributed by atoms with Crippen LogP contribution < -0.4 is 5.14 Å². The van der Waals surface area contributed by atoms with E-state index in [1.807, 2.05) is 0 Å². The third-order valence-corrected chi connectivity index (χ3v) is 2.23. The van der Waals surface area contributed by atoms with Crippen LogP contribution >= 0.6 is 0 Å². The van der Waals surface area contributed by atoms with Gasteiger partial charge in [0.2, 0.25) is 10.0 Å². The number of hydrogen-bond acceptors (Lipinski definition) is 3. The van der Waals surface area contributed by atoms with E-state index < -0.39 is 15.3 Å². The standard InChI is InChI=1S/C4H8N2O2S/c1-4(2-3-5)9(6,7)8/h4H,2H2,1H3,(H2,6,7,8). The van der Waals surface area contributed by atoms with Crippen molar-refractivity contribution in [2.24, 2.45) is 5.14 Å². The number of rotatable bonds is 2. The van der Waals surface area contributed by atoms with Crippen LogP contribution in [-0.4, -0.2) is 13.7 Å². The highest BCUT2D eigenvalue weighted by molar-refractivity contribution is 7.89. The van der Waals surface area contributed by atoms with Crippen molar-refractivity contribution in [2.75, 3.05) is 0 Å². The highest BCUT2D eigenvalue weighted by Crippen LogP contribution is 1.97. The maximum absolute atomic E-state index is 10.3. The molecule has 5 heteroatoms. The number of nitrogens with zero attached hydrogens (tertiary/aromatic N) is 1. The summed E-state index contributed by atoms with van der Waals surface area (Å²) in [5.41, 5.74) is 0. The van der Waals surface area contributed by atoms with Gasteiger partial charge in [0.05, 0.1) is 17.7 Å². The maximum atomic E-state index is 10.3. The van der Waals surface area contributed by atoms with Crippen LogP contribution in [-0.2, 0) is 10.0 Å². The molecule has 0 aliphatic carbocycles. The highest BCUT2D eigenvalue weighted by Gasteiger charge is 2.13. The minimum Gasteiger partial charge on any atom is -0.228 e. The number of hydrogen-bond donors (Lipinski definition) is 1. The summed E-state index contributed by atoms with van der Waals surface area (Å²) in [6.45, 7) is 1.40. The van der Waals surface area contributed by atoms with E-state index in [-0.39, 0.29) is 6.42 Å². The van der Waals surface area contributed by atoms with Gasteiger partial charge in [-0.1, -0.05) is 0 Å². The Balaban J connectivity index is 4.10. The minimum atomic E-state index is -3.49. The van der Waals surface area contributed by atoms with Crippen molar-refractivity contribution in [1.82, 2.24) is 0 Å². The Hall–Kier alpha value is -0.600. The normalized spacial score (nSPS) is 14.3. The zero-order chi connectivity index (χ0) is 7.49. The molecule has 0 aromatic rings. The predicted molar refractivity (Wildman–Crippen MR) is 32.8 cm³/mol. The third kappa shape index (κ3) is 3.06. The molecule has 1 atom stereocenters. The summed E-state index contributed by atoms with van der Waals surface area (Å²) in [5, 5.41) is 12.0. The van der Waals surface area contributed by atoms with Crippen LogP contribution in [0.3, 0.4) is 0 Å². The second-order valence-corrected chi connectivity index (χ2v) is 3.74. The lowest BCUT2D eigenvalue weighted by molar-refractivity contribution is 0.586. The fourth-order valence-corrected chi connectivity index (χ4v) is 0.552. The van der Waals surface area contributed by atoms with Crippen LogP contribution in [0.4, 0.5) is 0 Å². The topological polar surface area (TPSA) is 83.9 Å². The van der Waals surface area contributed by atoms with Crippen LogP contribution in [0.5, 0.6) is 0 Å². The van der Waals surface area contributed by atoms with E-state index in [1.165, 1.54) is 6.92 Å². The fourth-order valence-electron chi connectivity index (χ4n) is 0.245. The first-order valence-electron chi connectivity index (χ1n) is 2.37. The molecule has 0 rings (SSSR count). The Kier molecular flexibility index (Phi) is 2.62. The largest absolute Gasteiger partial charge is 0.228 e. The summed E-state index contributed by atoms with van der Waals surface area (Å²) in [5.74, 6) is 0. The first-order valence-corrected chi connectivity index (χ1v) is 3.98. The van der Waals surface area contributed by atoms with Gasteiger partial charge in [0.1, 0.15) is 0 Å². The molecule has 0 radical (unpaired) electrons. The Morgan fingerprint density at radius 2 is 2.22 bits per heavy atom. The van der Waals surface area contributed by atoms with Gasteiger partial charge in [0.15, 0.2) is 0 Å². The molecule has 0 aliphatic heterocycles. The fraction of sp³-hybridized carbons (Fsp3) is 0.750. The number of primary sulfonamides is 1. The predicted octanol–water partition coefficient (Wildman–Crippen LogP) is -0.423. The van der Waals surface area contributed by atoms with Crippen molar-refractivity contribution in [2.45, 2.75) is 18.6 Å². The van der Waals surface area contributed by atoms with Crippen LogP contribution in [0, 0.1) is 11.3 Å². The second-order valence-electron chi connectivity index (χ2n) is 1.76. The average molecular weight is 148 g/mol. The van der Waals surface area contributed by atoms with Gasteiger partial charge in [-0.25, -0.2) is 13.6 Å². The lowest BCUT2D eigenvalue weighted by atomic mass is 10.4. The van der Waals surface area contributed by atoms with Gasteiger partial charge in [-0.05, 0) is 6.92 Å². The smallest absolute Gasteiger partial charge is 0.212 e. The molecule has 1 unspecified atom stereocenters. The molecule has 0 aromatic carbocycles. The number of nitrogens with two attached hydrogens (primary N) is 1. The summed E-state index contributed by atoms with van der Waals surface area (Å²) < 4.78 is 20.7. The third-order valence-electron chi connectivity index (χ3n) is 0.940. The van der Waals surface area contributed by atoms with Gasteiger partial charge < -0.3 is 0 Å². The zero-order valence-corrected chi connectivity index (χ0v) is 5.85. The molecule has 0 saturated heterocycles.